The second-order valence-corrected chi connectivity index (χ2v) is 2.55. The SMILES string of the molecule is C=NCc1cccc(N(C)[O-])c1. The van der Waals surface area contributed by atoms with Gasteiger partial charge in [-0.15, -0.1) is 0 Å². The predicted molar refractivity (Wildman–Crippen MR) is 51.5 cm³/mol. The molecule has 0 saturated carbocycles. The Hall–Kier alpha value is -1.35. The lowest BCUT2D eigenvalue weighted by atomic mass is 10.2. The largest absolute Gasteiger partial charge is 0.758 e. The smallest absolute Gasteiger partial charge is 0.0633 e. The van der Waals surface area contributed by atoms with Gasteiger partial charge in [0.05, 0.1) is 6.54 Å². The normalized spacial score (nSPS) is 9.50. The second kappa shape index (κ2) is 3.88. The van der Waals surface area contributed by atoms with E-state index in [0.717, 1.165) is 10.6 Å². The highest BCUT2D eigenvalue weighted by molar-refractivity contribution is 5.48. The lowest BCUT2D eigenvalue weighted by molar-refractivity contribution is 1.08. The van der Waals surface area contributed by atoms with Crippen molar-refractivity contribution in [3.05, 3.63) is 35.0 Å². The van der Waals surface area contributed by atoms with Crippen LogP contribution in [-0.4, -0.2) is 13.8 Å². The molecule has 0 spiro atoms. The maximum Gasteiger partial charge on any atom is 0.0633 e. The zero-order valence-electron chi connectivity index (χ0n) is 7.03. The zero-order valence-corrected chi connectivity index (χ0v) is 7.03. The van der Waals surface area contributed by atoms with Crippen LogP contribution in [-0.2, 0) is 6.54 Å². The van der Waals surface area contributed by atoms with Crippen molar-refractivity contribution in [2.45, 2.75) is 6.54 Å². The molecule has 1 aromatic carbocycles. The van der Waals surface area contributed by atoms with E-state index >= 15 is 0 Å². The molecule has 0 aliphatic rings. The molecule has 3 nitrogen and oxygen atoms in total. The summed E-state index contributed by atoms with van der Waals surface area (Å²) in [6.07, 6.45) is 0. The first kappa shape index (κ1) is 8.74. The molecule has 12 heavy (non-hydrogen) atoms. The zero-order chi connectivity index (χ0) is 8.97. The van der Waals surface area contributed by atoms with E-state index < -0.39 is 0 Å². The molecule has 1 rings (SSSR count). The molecule has 0 atom stereocenters. The summed E-state index contributed by atoms with van der Waals surface area (Å²) in [6.45, 7) is 3.95. The molecule has 0 bridgehead atoms. The Morgan fingerprint density at radius 1 is 1.58 bits per heavy atom. The van der Waals surface area contributed by atoms with Crippen molar-refractivity contribution in [3.63, 3.8) is 0 Å². The highest BCUT2D eigenvalue weighted by atomic mass is 16.5. The van der Waals surface area contributed by atoms with Gasteiger partial charge in [0.15, 0.2) is 0 Å². The van der Waals surface area contributed by atoms with E-state index in [1.807, 2.05) is 18.2 Å². The Balaban J connectivity index is 2.87. The molecule has 0 aliphatic carbocycles. The molecule has 1 aromatic rings. The summed E-state index contributed by atoms with van der Waals surface area (Å²) in [4.78, 5) is 3.74. The van der Waals surface area contributed by atoms with Crippen LogP contribution in [0, 0.1) is 5.21 Å². The Kier molecular flexibility index (Phi) is 2.82. The highest BCUT2D eigenvalue weighted by Gasteiger charge is 1.92. The molecule has 0 saturated heterocycles. The Bertz CT molecular complexity index is 271. The minimum atomic E-state index is 0.557. The molecule has 0 aliphatic heterocycles. The third-order valence-electron chi connectivity index (χ3n) is 1.57. The number of anilines is 1. The van der Waals surface area contributed by atoms with Crippen molar-refractivity contribution in [3.8, 4) is 0 Å². The van der Waals surface area contributed by atoms with Crippen LogP contribution in [0.4, 0.5) is 5.69 Å². The Morgan fingerprint density at radius 2 is 2.33 bits per heavy atom. The van der Waals surface area contributed by atoms with Crippen molar-refractivity contribution in [2.24, 2.45) is 4.99 Å². The highest BCUT2D eigenvalue weighted by Crippen LogP contribution is 2.13. The standard InChI is InChI=1S/C9H11N2O/c1-10-7-8-4-3-5-9(6-8)11(2)12/h3-6H,1,7H2,2H3/q-1. The number of hydrogen-bond acceptors (Lipinski definition) is 3. The molecular formula is C9H11N2O-. The fourth-order valence-electron chi connectivity index (χ4n) is 0.980. The Morgan fingerprint density at radius 3 is 2.92 bits per heavy atom. The minimum absolute atomic E-state index is 0.557. The van der Waals surface area contributed by atoms with Crippen molar-refractivity contribution in [1.29, 1.82) is 0 Å². The topological polar surface area (TPSA) is 38.7 Å². The van der Waals surface area contributed by atoms with Crippen LogP contribution in [0.2, 0.25) is 0 Å². The second-order valence-electron chi connectivity index (χ2n) is 2.55. The quantitative estimate of drug-likeness (QED) is 0.503. The van der Waals surface area contributed by atoms with Crippen molar-refractivity contribution in [1.82, 2.24) is 0 Å². The van der Waals surface area contributed by atoms with Gasteiger partial charge in [0.25, 0.3) is 0 Å². The predicted octanol–water partition coefficient (Wildman–Crippen LogP) is 1.82. The number of benzene rings is 1. The van der Waals surface area contributed by atoms with Gasteiger partial charge in [0, 0.05) is 5.69 Å². The number of rotatable bonds is 3. The Labute approximate surface area is 71.9 Å². The van der Waals surface area contributed by atoms with E-state index in [2.05, 4.69) is 11.7 Å². The third-order valence-corrected chi connectivity index (χ3v) is 1.57. The van der Waals surface area contributed by atoms with Crippen molar-refractivity contribution < 1.29 is 0 Å². The van der Waals surface area contributed by atoms with Gasteiger partial charge in [0.2, 0.25) is 0 Å². The van der Waals surface area contributed by atoms with Gasteiger partial charge in [-0.25, -0.2) is 0 Å². The van der Waals surface area contributed by atoms with E-state index in [4.69, 9.17) is 0 Å². The maximum absolute atomic E-state index is 10.9. The molecule has 0 heterocycles. The molecule has 0 fully saturated rings. The van der Waals surface area contributed by atoms with Crippen LogP contribution in [0.3, 0.4) is 0 Å². The van der Waals surface area contributed by atoms with Crippen molar-refractivity contribution >= 4 is 12.4 Å². The number of aliphatic imine (C=N–C) groups is 1. The first-order chi connectivity index (χ1) is 5.74. The number of hydroxylamine groups is 1. The van der Waals surface area contributed by atoms with Crippen LogP contribution in [0.5, 0.6) is 0 Å². The summed E-state index contributed by atoms with van der Waals surface area (Å²) in [7, 11) is 1.47. The summed E-state index contributed by atoms with van der Waals surface area (Å²) >= 11 is 0. The van der Waals surface area contributed by atoms with Crippen LogP contribution < -0.4 is 5.06 Å². The molecule has 0 N–H and O–H groups in total. The van der Waals surface area contributed by atoms with Gasteiger partial charge >= 0.3 is 0 Å². The van der Waals surface area contributed by atoms with E-state index in [9.17, 15) is 5.21 Å². The summed E-state index contributed by atoms with van der Waals surface area (Å²) in [5.74, 6) is 0. The van der Waals surface area contributed by atoms with Gasteiger partial charge in [0.1, 0.15) is 0 Å². The van der Waals surface area contributed by atoms with E-state index in [0.29, 0.717) is 12.2 Å². The van der Waals surface area contributed by atoms with Gasteiger partial charge in [-0.1, -0.05) is 12.1 Å². The van der Waals surface area contributed by atoms with E-state index in [1.165, 1.54) is 7.05 Å². The van der Waals surface area contributed by atoms with Crippen LogP contribution in [0.25, 0.3) is 0 Å². The van der Waals surface area contributed by atoms with E-state index in [1.54, 1.807) is 6.07 Å². The van der Waals surface area contributed by atoms with Crippen molar-refractivity contribution in [2.75, 3.05) is 12.1 Å². The van der Waals surface area contributed by atoms with Crippen LogP contribution in [0.1, 0.15) is 5.56 Å². The summed E-state index contributed by atoms with van der Waals surface area (Å²) < 4.78 is 0. The summed E-state index contributed by atoms with van der Waals surface area (Å²) in [6, 6.07) is 7.33. The molecule has 3 heteroatoms. The minimum Gasteiger partial charge on any atom is -0.758 e. The third kappa shape index (κ3) is 2.07. The lowest BCUT2D eigenvalue weighted by Crippen LogP contribution is -2.05. The monoisotopic (exact) mass is 163 g/mol. The fraction of sp³-hybridized carbons (Fsp3) is 0.222. The lowest BCUT2D eigenvalue weighted by Gasteiger charge is -2.24. The van der Waals surface area contributed by atoms with Gasteiger partial charge in [-0.05, 0) is 31.5 Å². The summed E-state index contributed by atoms with van der Waals surface area (Å²) in [5.41, 5.74) is 1.65. The molecule has 0 amide bonds. The number of hydrogen-bond donors (Lipinski definition) is 0. The average molecular weight is 163 g/mol. The average Bonchev–Trinajstić information content (AvgIpc) is 2.05. The molecular weight excluding hydrogens is 152 g/mol. The van der Waals surface area contributed by atoms with Crippen LogP contribution >= 0.6 is 0 Å². The first-order valence-corrected chi connectivity index (χ1v) is 3.66. The van der Waals surface area contributed by atoms with Gasteiger partial charge in [-0.2, -0.15) is 0 Å². The van der Waals surface area contributed by atoms with Gasteiger partial charge < -0.3 is 10.3 Å². The first-order valence-electron chi connectivity index (χ1n) is 3.66. The fourth-order valence-corrected chi connectivity index (χ4v) is 0.980. The molecule has 0 radical (unpaired) electrons. The molecule has 64 valence electrons. The number of nitrogens with zero attached hydrogens (tertiary/aromatic N) is 2. The molecule has 0 aromatic heterocycles. The van der Waals surface area contributed by atoms with E-state index in [-0.39, 0.29) is 0 Å². The van der Waals surface area contributed by atoms with Crippen LogP contribution in [0.15, 0.2) is 29.3 Å². The maximum atomic E-state index is 10.9. The molecule has 0 unspecified atom stereocenters. The van der Waals surface area contributed by atoms with Gasteiger partial charge in [-0.3, -0.25) is 4.99 Å². The summed E-state index contributed by atoms with van der Waals surface area (Å²) in [5, 5.41) is 11.7.